The molecule has 0 bridgehead atoms. The molecule has 0 aliphatic rings. The SMILES string of the molecule is COCCC(C)(c1ccc(O)cc1)c1ccc(O)cc1. The molecule has 0 spiro atoms. The molecule has 3 nitrogen and oxygen atoms in total. The Hall–Kier alpha value is -2.00. The smallest absolute Gasteiger partial charge is 0.115 e. The first kappa shape index (κ1) is 14.4. The van der Waals surface area contributed by atoms with Crippen molar-refractivity contribution >= 4 is 0 Å². The summed E-state index contributed by atoms with van der Waals surface area (Å²) in [4.78, 5) is 0. The maximum atomic E-state index is 9.45. The van der Waals surface area contributed by atoms with E-state index in [1.54, 1.807) is 31.4 Å². The van der Waals surface area contributed by atoms with Gasteiger partial charge in [-0.25, -0.2) is 0 Å². The van der Waals surface area contributed by atoms with Crippen LogP contribution in [-0.2, 0) is 10.2 Å². The first-order valence-electron chi connectivity index (χ1n) is 6.64. The zero-order valence-corrected chi connectivity index (χ0v) is 11.8. The van der Waals surface area contributed by atoms with Gasteiger partial charge in [-0.05, 0) is 41.8 Å². The molecule has 0 fully saturated rings. The fourth-order valence-corrected chi connectivity index (χ4v) is 2.42. The molecule has 0 saturated carbocycles. The molecule has 2 aromatic carbocycles. The Morgan fingerprint density at radius 2 is 1.25 bits per heavy atom. The number of aromatic hydroxyl groups is 2. The van der Waals surface area contributed by atoms with E-state index in [1.165, 1.54) is 0 Å². The highest BCUT2D eigenvalue weighted by Gasteiger charge is 2.28. The van der Waals surface area contributed by atoms with Crippen molar-refractivity contribution in [3.8, 4) is 11.5 Å². The van der Waals surface area contributed by atoms with Gasteiger partial charge in [-0.15, -0.1) is 0 Å². The van der Waals surface area contributed by atoms with Gasteiger partial charge >= 0.3 is 0 Å². The molecule has 0 aliphatic heterocycles. The lowest BCUT2D eigenvalue weighted by atomic mass is 9.74. The van der Waals surface area contributed by atoms with Crippen LogP contribution >= 0.6 is 0 Å². The minimum atomic E-state index is -0.225. The summed E-state index contributed by atoms with van der Waals surface area (Å²) in [6, 6.07) is 14.5. The van der Waals surface area contributed by atoms with Gasteiger partial charge in [0, 0.05) is 19.1 Å². The van der Waals surface area contributed by atoms with E-state index >= 15 is 0 Å². The van der Waals surface area contributed by atoms with Crippen molar-refractivity contribution in [2.24, 2.45) is 0 Å². The predicted molar refractivity (Wildman–Crippen MR) is 79.2 cm³/mol. The zero-order chi connectivity index (χ0) is 14.6. The molecule has 2 N–H and O–H groups in total. The highest BCUT2D eigenvalue weighted by atomic mass is 16.5. The molecule has 0 amide bonds. The van der Waals surface area contributed by atoms with E-state index in [2.05, 4.69) is 6.92 Å². The van der Waals surface area contributed by atoms with Crippen molar-refractivity contribution in [3.05, 3.63) is 59.7 Å². The molecule has 0 heterocycles. The number of rotatable bonds is 5. The van der Waals surface area contributed by atoms with Crippen molar-refractivity contribution in [2.75, 3.05) is 13.7 Å². The van der Waals surface area contributed by atoms with Gasteiger partial charge in [0.15, 0.2) is 0 Å². The summed E-state index contributed by atoms with van der Waals surface area (Å²) in [5.74, 6) is 0.516. The van der Waals surface area contributed by atoms with E-state index in [9.17, 15) is 10.2 Å². The Labute approximate surface area is 119 Å². The molecule has 0 saturated heterocycles. The highest BCUT2D eigenvalue weighted by molar-refractivity contribution is 5.42. The van der Waals surface area contributed by atoms with Gasteiger partial charge in [-0.3, -0.25) is 0 Å². The van der Waals surface area contributed by atoms with Crippen LogP contribution in [0.25, 0.3) is 0 Å². The van der Waals surface area contributed by atoms with Gasteiger partial charge in [-0.2, -0.15) is 0 Å². The number of hydrogen-bond donors (Lipinski definition) is 2. The highest BCUT2D eigenvalue weighted by Crippen LogP contribution is 2.36. The van der Waals surface area contributed by atoms with Crippen molar-refractivity contribution < 1.29 is 14.9 Å². The fourth-order valence-electron chi connectivity index (χ4n) is 2.42. The van der Waals surface area contributed by atoms with Crippen LogP contribution in [0, 0.1) is 0 Å². The average Bonchev–Trinajstić information content (AvgIpc) is 2.46. The Morgan fingerprint density at radius 3 is 1.60 bits per heavy atom. The van der Waals surface area contributed by atoms with Crippen LogP contribution in [0.2, 0.25) is 0 Å². The van der Waals surface area contributed by atoms with Crippen molar-refractivity contribution in [2.45, 2.75) is 18.8 Å². The minimum Gasteiger partial charge on any atom is -0.508 e. The van der Waals surface area contributed by atoms with E-state index in [-0.39, 0.29) is 16.9 Å². The lowest BCUT2D eigenvalue weighted by Gasteiger charge is -2.31. The number of phenolic OH excluding ortho intramolecular Hbond substituents is 2. The first-order valence-corrected chi connectivity index (χ1v) is 6.64. The molecule has 0 aromatic heterocycles. The van der Waals surface area contributed by atoms with E-state index in [0.717, 1.165) is 17.5 Å². The predicted octanol–water partition coefficient (Wildman–Crippen LogP) is 3.44. The third-order valence-corrected chi connectivity index (χ3v) is 3.82. The molecular weight excluding hydrogens is 252 g/mol. The standard InChI is InChI=1S/C17H20O3/c1-17(11-12-20-2,13-3-7-15(18)8-4-13)14-5-9-16(19)10-6-14/h3-10,18-19H,11-12H2,1-2H3. The van der Waals surface area contributed by atoms with E-state index in [0.29, 0.717) is 6.61 Å². The number of ether oxygens (including phenoxy) is 1. The Bertz CT molecular complexity index is 498. The summed E-state index contributed by atoms with van der Waals surface area (Å²) in [7, 11) is 1.69. The molecule has 0 radical (unpaired) electrons. The average molecular weight is 272 g/mol. The van der Waals surface area contributed by atoms with Crippen LogP contribution in [0.5, 0.6) is 11.5 Å². The summed E-state index contributed by atoms with van der Waals surface area (Å²) in [6.07, 6.45) is 0.819. The van der Waals surface area contributed by atoms with E-state index in [4.69, 9.17) is 4.74 Å². The third kappa shape index (κ3) is 2.94. The summed E-state index contributed by atoms with van der Waals surface area (Å²) in [5.41, 5.74) is 1.99. The fraction of sp³-hybridized carbons (Fsp3) is 0.294. The number of benzene rings is 2. The van der Waals surface area contributed by atoms with Crippen molar-refractivity contribution in [1.82, 2.24) is 0 Å². The van der Waals surface area contributed by atoms with Crippen LogP contribution in [-0.4, -0.2) is 23.9 Å². The van der Waals surface area contributed by atoms with Crippen LogP contribution < -0.4 is 0 Å². The molecule has 0 unspecified atom stereocenters. The van der Waals surface area contributed by atoms with Crippen LogP contribution in [0.1, 0.15) is 24.5 Å². The minimum absolute atomic E-state index is 0.225. The van der Waals surface area contributed by atoms with Crippen molar-refractivity contribution in [1.29, 1.82) is 0 Å². The monoisotopic (exact) mass is 272 g/mol. The zero-order valence-electron chi connectivity index (χ0n) is 11.8. The summed E-state index contributed by atoms with van der Waals surface area (Å²) in [5, 5.41) is 18.9. The second-order valence-corrected chi connectivity index (χ2v) is 5.17. The summed E-state index contributed by atoms with van der Waals surface area (Å²) in [6.45, 7) is 2.78. The second kappa shape index (κ2) is 5.97. The third-order valence-electron chi connectivity index (χ3n) is 3.82. The quantitative estimate of drug-likeness (QED) is 0.876. The van der Waals surface area contributed by atoms with Gasteiger partial charge in [-0.1, -0.05) is 31.2 Å². The van der Waals surface area contributed by atoms with Crippen LogP contribution in [0.15, 0.2) is 48.5 Å². The Balaban J connectivity index is 2.43. The molecule has 3 heteroatoms. The van der Waals surface area contributed by atoms with Gasteiger partial charge in [0.25, 0.3) is 0 Å². The second-order valence-electron chi connectivity index (χ2n) is 5.17. The molecule has 0 aliphatic carbocycles. The Kier molecular flexibility index (Phi) is 4.30. The number of methoxy groups -OCH3 is 1. The largest absolute Gasteiger partial charge is 0.508 e. The topological polar surface area (TPSA) is 49.7 Å². The molecule has 2 rings (SSSR count). The van der Waals surface area contributed by atoms with Gasteiger partial charge in [0.1, 0.15) is 11.5 Å². The summed E-state index contributed by atoms with van der Waals surface area (Å²) < 4.78 is 5.23. The van der Waals surface area contributed by atoms with Gasteiger partial charge in [0.05, 0.1) is 0 Å². The van der Waals surface area contributed by atoms with E-state index < -0.39 is 0 Å². The van der Waals surface area contributed by atoms with Gasteiger partial charge < -0.3 is 14.9 Å². The normalized spacial score (nSPS) is 11.5. The van der Waals surface area contributed by atoms with Crippen LogP contribution in [0.4, 0.5) is 0 Å². The molecule has 0 atom stereocenters. The Morgan fingerprint density at radius 1 is 0.850 bits per heavy atom. The van der Waals surface area contributed by atoms with Crippen molar-refractivity contribution in [3.63, 3.8) is 0 Å². The lowest BCUT2D eigenvalue weighted by Crippen LogP contribution is -2.25. The first-order chi connectivity index (χ1) is 9.56. The summed E-state index contributed by atoms with van der Waals surface area (Å²) >= 11 is 0. The maximum absolute atomic E-state index is 9.45. The molecule has 106 valence electrons. The maximum Gasteiger partial charge on any atom is 0.115 e. The number of hydrogen-bond acceptors (Lipinski definition) is 3. The van der Waals surface area contributed by atoms with Gasteiger partial charge in [0.2, 0.25) is 0 Å². The molecule has 20 heavy (non-hydrogen) atoms. The number of phenols is 2. The molecule has 2 aromatic rings. The lowest BCUT2D eigenvalue weighted by molar-refractivity contribution is 0.178. The van der Waals surface area contributed by atoms with Crippen LogP contribution in [0.3, 0.4) is 0 Å². The van der Waals surface area contributed by atoms with E-state index in [1.807, 2.05) is 24.3 Å². The molecular formula is C17H20O3.